The first-order valence-electron chi connectivity index (χ1n) is 10.9. The zero-order valence-electron chi connectivity index (χ0n) is 18.6. The number of amides is 2. The first-order valence-corrected chi connectivity index (χ1v) is 10.9. The van der Waals surface area contributed by atoms with Crippen molar-refractivity contribution in [2.45, 2.75) is 13.5 Å². The van der Waals surface area contributed by atoms with Crippen molar-refractivity contribution >= 4 is 23.2 Å². The van der Waals surface area contributed by atoms with Gasteiger partial charge in [-0.1, -0.05) is 29.8 Å². The third-order valence-corrected chi connectivity index (χ3v) is 5.84. The number of benzene rings is 3. The van der Waals surface area contributed by atoms with Crippen LogP contribution in [-0.4, -0.2) is 42.9 Å². The molecule has 3 aromatic rings. The van der Waals surface area contributed by atoms with E-state index in [9.17, 15) is 14.0 Å². The van der Waals surface area contributed by atoms with Gasteiger partial charge in [-0.25, -0.2) is 4.39 Å². The fourth-order valence-corrected chi connectivity index (χ4v) is 3.92. The van der Waals surface area contributed by atoms with Crippen molar-refractivity contribution in [2.24, 2.45) is 0 Å². The normalized spacial score (nSPS) is 13.6. The zero-order chi connectivity index (χ0) is 23.4. The Labute approximate surface area is 192 Å². The molecule has 0 saturated carbocycles. The number of halogens is 1. The van der Waals surface area contributed by atoms with Crippen molar-refractivity contribution in [2.75, 3.05) is 36.8 Å². The minimum absolute atomic E-state index is 0.0178. The highest BCUT2D eigenvalue weighted by Crippen LogP contribution is 2.25. The Kier molecular flexibility index (Phi) is 6.58. The third-order valence-electron chi connectivity index (χ3n) is 5.84. The molecule has 1 aliphatic heterocycles. The van der Waals surface area contributed by atoms with Crippen LogP contribution >= 0.6 is 0 Å². The molecule has 1 aliphatic rings. The first-order chi connectivity index (χ1) is 15.9. The predicted octanol–water partition coefficient (Wildman–Crippen LogP) is 3.61. The molecule has 170 valence electrons. The molecule has 0 aromatic heterocycles. The van der Waals surface area contributed by atoms with Crippen LogP contribution in [0.4, 0.5) is 15.8 Å². The maximum absolute atomic E-state index is 13.1. The van der Waals surface area contributed by atoms with Gasteiger partial charge >= 0.3 is 0 Å². The molecule has 0 spiro atoms. The van der Waals surface area contributed by atoms with E-state index in [0.717, 1.165) is 16.8 Å². The Hall–Kier alpha value is -3.87. The second kappa shape index (κ2) is 9.73. The van der Waals surface area contributed by atoms with E-state index in [2.05, 4.69) is 10.2 Å². The molecule has 3 N–H and O–H groups in total. The van der Waals surface area contributed by atoms with Gasteiger partial charge in [-0.2, -0.15) is 0 Å². The highest BCUT2D eigenvalue weighted by molar-refractivity contribution is 6.01. The summed E-state index contributed by atoms with van der Waals surface area (Å²) < 4.78 is 13.1. The Bertz CT molecular complexity index is 1140. The highest BCUT2D eigenvalue weighted by Gasteiger charge is 2.25. The molecule has 0 aliphatic carbocycles. The number of carbonyl (C=O) groups excluding carboxylic acids is 2. The monoisotopic (exact) mass is 446 g/mol. The number of nitrogens with two attached hydrogens (primary N) is 1. The number of hydrogen-bond donors (Lipinski definition) is 2. The van der Waals surface area contributed by atoms with E-state index in [1.54, 1.807) is 24.3 Å². The number of hydrogen-bond acceptors (Lipinski definition) is 4. The van der Waals surface area contributed by atoms with Crippen molar-refractivity contribution in [1.29, 1.82) is 0 Å². The molecule has 0 radical (unpaired) electrons. The van der Waals surface area contributed by atoms with Crippen LogP contribution in [0, 0.1) is 12.7 Å². The van der Waals surface area contributed by atoms with Gasteiger partial charge in [0.05, 0.1) is 5.56 Å². The lowest BCUT2D eigenvalue weighted by atomic mass is 10.1. The summed E-state index contributed by atoms with van der Waals surface area (Å²) in [6.07, 6.45) is 0. The molecule has 0 atom stereocenters. The lowest BCUT2D eigenvalue weighted by Crippen LogP contribution is -2.49. The molecule has 1 fully saturated rings. The predicted molar refractivity (Wildman–Crippen MR) is 128 cm³/mol. The molecule has 0 bridgehead atoms. The fourth-order valence-electron chi connectivity index (χ4n) is 3.92. The molecule has 3 aromatic carbocycles. The van der Waals surface area contributed by atoms with Gasteiger partial charge in [0.1, 0.15) is 5.82 Å². The summed E-state index contributed by atoms with van der Waals surface area (Å²) in [6, 6.07) is 18.9. The smallest absolute Gasteiger partial charge is 0.253 e. The Morgan fingerprint density at radius 1 is 0.939 bits per heavy atom. The second-order valence-electron chi connectivity index (χ2n) is 8.23. The lowest BCUT2D eigenvalue weighted by Gasteiger charge is -2.37. The highest BCUT2D eigenvalue weighted by atomic mass is 19.1. The minimum Gasteiger partial charge on any atom is -0.399 e. The number of nitrogen functional groups attached to an aromatic ring is 1. The summed E-state index contributed by atoms with van der Waals surface area (Å²) >= 11 is 0. The largest absolute Gasteiger partial charge is 0.399 e. The van der Waals surface area contributed by atoms with E-state index in [-0.39, 0.29) is 24.2 Å². The molecule has 1 heterocycles. The van der Waals surface area contributed by atoms with Crippen LogP contribution < -0.4 is 16.0 Å². The minimum atomic E-state index is -0.316. The van der Waals surface area contributed by atoms with Gasteiger partial charge in [0.2, 0.25) is 0 Å². The number of rotatable bonds is 5. The lowest BCUT2D eigenvalue weighted by molar-refractivity contribution is 0.0746. The summed E-state index contributed by atoms with van der Waals surface area (Å²) in [4.78, 5) is 29.7. The summed E-state index contributed by atoms with van der Waals surface area (Å²) in [5.41, 5.74) is 10.3. The summed E-state index contributed by atoms with van der Waals surface area (Å²) in [6.45, 7) is 4.63. The third kappa shape index (κ3) is 5.31. The van der Waals surface area contributed by atoms with Gasteiger partial charge in [0, 0.05) is 49.7 Å². The van der Waals surface area contributed by atoms with Crippen LogP contribution in [0.25, 0.3) is 0 Å². The van der Waals surface area contributed by atoms with Crippen LogP contribution in [0.5, 0.6) is 0 Å². The van der Waals surface area contributed by atoms with E-state index < -0.39 is 0 Å². The topological polar surface area (TPSA) is 78.7 Å². The van der Waals surface area contributed by atoms with E-state index in [1.807, 2.05) is 42.2 Å². The summed E-state index contributed by atoms with van der Waals surface area (Å²) in [7, 11) is 0. The molecule has 6 nitrogen and oxygen atoms in total. The van der Waals surface area contributed by atoms with Gasteiger partial charge in [0.15, 0.2) is 0 Å². The molecule has 1 saturated heterocycles. The van der Waals surface area contributed by atoms with E-state index in [4.69, 9.17) is 5.73 Å². The summed E-state index contributed by atoms with van der Waals surface area (Å²) in [5.74, 6) is -0.549. The Morgan fingerprint density at radius 3 is 2.27 bits per heavy atom. The van der Waals surface area contributed by atoms with Gasteiger partial charge in [0.25, 0.3) is 11.8 Å². The van der Waals surface area contributed by atoms with Crippen molar-refractivity contribution in [3.8, 4) is 0 Å². The average Bonchev–Trinajstić information content (AvgIpc) is 2.83. The van der Waals surface area contributed by atoms with Crippen LogP contribution in [-0.2, 0) is 6.54 Å². The van der Waals surface area contributed by atoms with Crippen molar-refractivity contribution < 1.29 is 14.0 Å². The maximum atomic E-state index is 13.1. The standard InChI is InChI=1S/C26H27FN4O2/c1-18-2-6-20(7-3-18)26(33)31-14-12-30(13-15-31)24-11-10-22(28)16-23(24)25(32)29-17-19-4-8-21(27)9-5-19/h2-11,16H,12-15,17,28H2,1H3,(H,29,32). The van der Waals surface area contributed by atoms with Crippen molar-refractivity contribution in [1.82, 2.24) is 10.2 Å². The first kappa shape index (κ1) is 22.3. The molecular weight excluding hydrogens is 419 g/mol. The fraction of sp³-hybridized carbons (Fsp3) is 0.231. The maximum Gasteiger partial charge on any atom is 0.253 e. The number of anilines is 2. The number of nitrogens with one attached hydrogen (secondary N) is 1. The van der Waals surface area contributed by atoms with Gasteiger partial charge in [-0.05, 0) is 55.0 Å². The zero-order valence-corrected chi connectivity index (χ0v) is 18.6. The molecule has 0 unspecified atom stereocenters. The van der Waals surface area contributed by atoms with E-state index >= 15 is 0 Å². The number of aryl methyl sites for hydroxylation is 1. The number of carbonyl (C=O) groups is 2. The van der Waals surface area contributed by atoms with Crippen LogP contribution in [0.1, 0.15) is 31.8 Å². The van der Waals surface area contributed by atoms with Crippen LogP contribution in [0.2, 0.25) is 0 Å². The number of nitrogens with zero attached hydrogens (tertiary/aromatic N) is 2. The molecule has 33 heavy (non-hydrogen) atoms. The molecule has 7 heteroatoms. The Morgan fingerprint density at radius 2 is 1.61 bits per heavy atom. The molecular formula is C26H27FN4O2. The van der Waals surface area contributed by atoms with Crippen LogP contribution in [0.15, 0.2) is 66.7 Å². The molecule has 2 amide bonds. The Balaban J connectivity index is 1.43. The second-order valence-corrected chi connectivity index (χ2v) is 8.23. The quantitative estimate of drug-likeness (QED) is 0.587. The number of piperazine rings is 1. The molecule has 4 rings (SSSR count). The van der Waals surface area contributed by atoms with Gasteiger partial charge < -0.3 is 20.9 Å². The van der Waals surface area contributed by atoms with Gasteiger partial charge in [-0.3, -0.25) is 9.59 Å². The average molecular weight is 447 g/mol. The van der Waals surface area contributed by atoms with Crippen molar-refractivity contribution in [3.63, 3.8) is 0 Å². The van der Waals surface area contributed by atoms with E-state index in [0.29, 0.717) is 43.0 Å². The van der Waals surface area contributed by atoms with Crippen LogP contribution in [0.3, 0.4) is 0 Å². The van der Waals surface area contributed by atoms with Crippen molar-refractivity contribution in [3.05, 3.63) is 94.8 Å². The SMILES string of the molecule is Cc1ccc(C(=O)N2CCN(c3ccc(N)cc3C(=O)NCc3ccc(F)cc3)CC2)cc1. The summed E-state index contributed by atoms with van der Waals surface area (Å²) in [5, 5.41) is 2.89. The van der Waals surface area contributed by atoms with Gasteiger partial charge in [-0.15, -0.1) is 0 Å². The van der Waals surface area contributed by atoms with E-state index in [1.165, 1.54) is 12.1 Å².